The second kappa shape index (κ2) is 6.12. The molecule has 2 unspecified atom stereocenters. The molecule has 5 rings (SSSR count). The van der Waals surface area contributed by atoms with Gasteiger partial charge in [-0.1, -0.05) is 79.9 Å². The van der Waals surface area contributed by atoms with Crippen LogP contribution in [-0.2, 0) is 6.42 Å². The van der Waals surface area contributed by atoms with Crippen molar-refractivity contribution in [2.24, 2.45) is 17.3 Å². The molecular formula is C26H30. The highest BCUT2D eigenvalue weighted by atomic mass is 14.5. The molecule has 2 aromatic carbocycles. The molecule has 2 aromatic rings. The van der Waals surface area contributed by atoms with Gasteiger partial charge in [0.1, 0.15) is 0 Å². The van der Waals surface area contributed by atoms with Gasteiger partial charge in [0.2, 0.25) is 0 Å². The maximum atomic E-state index is 2.70. The lowest BCUT2D eigenvalue weighted by molar-refractivity contribution is 0.0797. The van der Waals surface area contributed by atoms with Gasteiger partial charge in [0.15, 0.2) is 0 Å². The molecule has 1 spiro atoms. The van der Waals surface area contributed by atoms with E-state index >= 15 is 0 Å². The van der Waals surface area contributed by atoms with Crippen molar-refractivity contribution in [3.63, 3.8) is 0 Å². The predicted molar refractivity (Wildman–Crippen MR) is 110 cm³/mol. The van der Waals surface area contributed by atoms with Gasteiger partial charge in [0.05, 0.1) is 0 Å². The Morgan fingerprint density at radius 3 is 2.42 bits per heavy atom. The maximum absolute atomic E-state index is 2.70. The summed E-state index contributed by atoms with van der Waals surface area (Å²) in [5, 5.41) is 0. The molecule has 0 radical (unpaired) electrons. The molecule has 26 heavy (non-hydrogen) atoms. The fourth-order valence-electron chi connectivity index (χ4n) is 6.05. The second-order valence-electron chi connectivity index (χ2n) is 9.31. The quantitative estimate of drug-likeness (QED) is 0.527. The molecule has 1 saturated carbocycles. The summed E-state index contributed by atoms with van der Waals surface area (Å²) >= 11 is 0. The zero-order valence-corrected chi connectivity index (χ0v) is 16.2. The molecule has 0 heteroatoms. The standard InChI is InChI=1S/C26H30/c1-18-7-9-20(10-8-18)22-15-24-23-6-4-3-5-21(23)17-26(25(24)16-22)13-11-19(2)12-14-26/h3-10,16,19,24-25H,11-15,17H2,1-2H3. The number of aryl methyl sites for hydroxylation is 1. The van der Waals surface area contributed by atoms with Crippen LogP contribution in [0.4, 0.5) is 0 Å². The van der Waals surface area contributed by atoms with Crippen LogP contribution in [-0.4, -0.2) is 0 Å². The lowest BCUT2D eigenvalue weighted by Gasteiger charge is -2.49. The molecule has 0 saturated heterocycles. The summed E-state index contributed by atoms with van der Waals surface area (Å²) in [5.41, 5.74) is 8.18. The highest BCUT2D eigenvalue weighted by Gasteiger charge is 2.49. The molecule has 0 amide bonds. The minimum Gasteiger partial charge on any atom is -0.0764 e. The monoisotopic (exact) mass is 342 g/mol. The normalized spacial score (nSPS) is 32.8. The van der Waals surface area contributed by atoms with Gasteiger partial charge < -0.3 is 0 Å². The Morgan fingerprint density at radius 1 is 0.923 bits per heavy atom. The van der Waals surface area contributed by atoms with Crippen LogP contribution in [0.1, 0.15) is 67.2 Å². The van der Waals surface area contributed by atoms with Crippen LogP contribution in [0.2, 0.25) is 0 Å². The number of rotatable bonds is 1. The van der Waals surface area contributed by atoms with E-state index in [1.54, 1.807) is 16.7 Å². The average molecular weight is 343 g/mol. The maximum Gasteiger partial charge on any atom is -0.00501 e. The average Bonchev–Trinajstić information content (AvgIpc) is 3.12. The van der Waals surface area contributed by atoms with Gasteiger partial charge >= 0.3 is 0 Å². The molecule has 2 atom stereocenters. The predicted octanol–water partition coefficient (Wildman–Crippen LogP) is 6.93. The Morgan fingerprint density at radius 2 is 1.65 bits per heavy atom. The van der Waals surface area contributed by atoms with E-state index in [-0.39, 0.29) is 0 Å². The first-order valence-corrected chi connectivity index (χ1v) is 10.5. The van der Waals surface area contributed by atoms with Crippen molar-refractivity contribution in [3.8, 4) is 0 Å². The van der Waals surface area contributed by atoms with E-state index in [9.17, 15) is 0 Å². The lowest BCUT2D eigenvalue weighted by atomic mass is 9.55. The van der Waals surface area contributed by atoms with Crippen LogP contribution >= 0.6 is 0 Å². The number of allylic oxidation sites excluding steroid dienone is 2. The zero-order valence-electron chi connectivity index (χ0n) is 16.2. The highest BCUT2D eigenvalue weighted by Crippen LogP contribution is 2.60. The Kier molecular flexibility index (Phi) is 3.85. The van der Waals surface area contributed by atoms with E-state index < -0.39 is 0 Å². The van der Waals surface area contributed by atoms with Gasteiger partial charge in [-0.15, -0.1) is 0 Å². The highest BCUT2D eigenvalue weighted by molar-refractivity contribution is 5.70. The van der Waals surface area contributed by atoms with Crippen molar-refractivity contribution in [1.82, 2.24) is 0 Å². The van der Waals surface area contributed by atoms with Crippen molar-refractivity contribution >= 4 is 5.57 Å². The lowest BCUT2D eigenvalue weighted by Crippen LogP contribution is -2.41. The van der Waals surface area contributed by atoms with Gasteiger partial charge in [0.25, 0.3) is 0 Å². The Hall–Kier alpha value is -1.82. The van der Waals surface area contributed by atoms with Crippen molar-refractivity contribution in [2.45, 2.75) is 58.3 Å². The first kappa shape index (κ1) is 16.4. The molecule has 0 bridgehead atoms. The van der Waals surface area contributed by atoms with Crippen LogP contribution in [0.3, 0.4) is 0 Å². The van der Waals surface area contributed by atoms with E-state index in [1.807, 2.05) is 0 Å². The van der Waals surface area contributed by atoms with Crippen LogP contribution < -0.4 is 0 Å². The smallest absolute Gasteiger partial charge is 0.00501 e. The Bertz CT molecular complexity index is 831. The summed E-state index contributed by atoms with van der Waals surface area (Å²) in [7, 11) is 0. The fraction of sp³-hybridized carbons (Fsp3) is 0.462. The fourth-order valence-corrected chi connectivity index (χ4v) is 6.05. The number of hydrogen-bond acceptors (Lipinski definition) is 0. The van der Waals surface area contributed by atoms with E-state index in [4.69, 9.17) is 0 Å². The van der Waals surface area contributed by atoms with Crippen LogP contribution in [0.5, 0.6) is 0 Å². The van der Waals surface area contributed by atoms with Gasteiger partial charge in [0, 0.05) is 0 Å². The molecule has 3 aliphatic carbocycles. The van der Waals surface area contributed by atoms with Gasteiger partial charge in [-0.05, 0) is 78.0 Å². The third-order valence-corrected chi connectivity index (χ3v) is 7.65. The molecular weight excluding hydrogens is 312 g/mol. The van der Waals surface area contributed by atoms with Crippen molar-refractivity contribution < 1.29 is 0 Å². The minimum absolute atomic E-state index is 0.512. The van der Waals surface area contributed by atoms with Crippen LogP contribution in [0, 0.1) is 24.2 Å². The third-order valence-electron chi connectivity index (χ3n) is 7.65. The van der Waals surface area contributed by atoms with Crippen molar-refractivity contribution in [2.75, 3.05) is 0 Å². The van der Waals surface area contributed by atoms with Crippen molar-refractivity contribution in [3.05, 3.63) is 76.9 Å². The first-order chi connectivity index (χ1) is 12.6. The van der Waals surface area contributed by atoms with Gasteiger partial charge in [-0.25, -0.2) is 0 Å². The molecule has 3 aliphatic rings. The summed E-state index contributed by atoms with van der Waals surface area (Å²) in [6, 6.07) is 18.5. The molecule has 134 valence electrons. The van der Waals surface area contributed by atoms with E-state index in [0.717, 1.165) is 11.8 Å². The molecule has 0 aliphatic heterocycles. The number of benzene rings is 2. The molecule has 0 heterocycles. The molecule has 1 fully saturated rings. The van der Waals surface area contributed by atoms with E-state index in [2.05, 4.69) is 68.5 Å². The van der Waals surface area contributed by atoms with E-state index in [1.165, 1.54) is 49.7 Å². The Labute approximate surface area is 158 Å². The largest absolute Gasteiger partial charge is 0.0764 e. The van der Waals surface area contributed by atoms with E-state index in [0.29, 0.717) is 11.3 Å². The summed E-state index contributed by atoms with van der Waals surface area (Å²) in [5.74, 6) is 2.35. The summed E-state index contributed by atoms with van der Waals surface area (Å²) in [6.45, 7) is 4.63. The van der Waals surface area contributed by atoms with Crippen LogP contribution in [0.25, 0.3) is 5.57 Å². The molecule has 0 N–H and O–H groups in total. The first-order valence-electron chi connectivity index (χ1n) is 10.5. The van der Waals surface area contributed by atoms with Crippen LogP contribution in [0.15, 0.2) is 54.6 Å². The van der Waals surface area contributed by atoms with Gasteiger partial charge in [-0.3, -0.25) is 0 Å². The van der Waals surface area contributed by atoms with Gasteiger partial charge in [-0.2, -0.15) is 0 Å². The zero-order chi connectivity index (χ0) is 17.7. The molecule has 0 nitrogen and oxygen atoms in total. The summed E-state index contributed by atoms with van der Waals surface area (Å²) < 4.78 is 0. The SMILES string of the molecule is Cc1ccc(C2=CC3C(C2)c2ccccc2CC32CCC(C)CC2)cc1. The minimum atomic E-state index is 0.512. The third kappa shape index (κ3) is 2.57. The topological polar surface area (TPSA) is 0 Å². The number of fused-ring (bicyclic) bond motifs is 4. The summed E-state index contributed by atoms with van der Waals surface area (Å²) in [6.07, 6.45) is 10.9. The van der Waals surface area contributed by atoms with Crippen molar-refractivity contribution in [1.29, 1.82) is 0 Å². The summed E-state index contributed by atoms with van der Waals surface area (Å²) in [4.78, 5) is 0. The number of hydrogen-bond donors (Lipinski definition) is 0. The Balaban J connectivity index is 1.57. The molecule has 0 aromatic heterocycles. The second-order valence-corrected chi connectivity index (χ2v) is 9.31.